The molecule has 0 aromatic heterocycles. The highest BCUT2D eigenvalue weighted by Gasteiger charge is 2.24. The van der Waals surface area contributed by atoms with Crippen molar-refractivity contribution < 1.29 is 13.2 Å². The lowest BCUT2D eigenvalue weighted by Gasteiger charge is -2.31. The normalized spacial score (nSPS) is 16.7. The monoisotopic (exact) mass is 309 g/mol. The molecule has 0 radical (unpaired) electrons. The Morgan fingerprint density at radius 3 is 2.38 bits per heavy atom. The van der Waals surface area contributed by atoms with Gasteiger partial charge in [-0.2, -0.15) is 0 Å². The Balaban J connectivity index is 2.29. The van der Waals surface area contributed by atoms with Gasteiger partial charge < -0.3 is 4.90 Å². The van der Waals surface area contributed by atoms with Crippen LogP contribution in [0.5, 0.6) is 0 Å². The van der Waals surface area contributed by atoms with Crippen molar-refractivity contribution in [3.63, 3.8) is 0 Å². The van der Waals surface area contributed by atoms with Gasteiger partial charge in [0.1, 0.15) is 0 Å². The van der Waals surface area contributed by atoms with E-state index in [0.717, 1.165) is 37.5 Å². The van der Waals surface area contributed by atoms with Crippen LogP contribution in [0.1, 0.15) is 48.0 Å². The number of carbonyl (C=O) groups is 1. The van der Waals surface area contributed by atoms with Crippen molar-refractivity contribution in [3.05, 3.63) is 29.3 Å². The van der Waals surface area contributed by atoms with Gasteiger partial charge in [0.15, 0.2) is 9.84 Å². The summed E-state index contributed by atoms with van der Waals surface area (Å²) in [6.07, 6.45) is 6.79. The molecule has 0 heterocycles. The molecule has 1 aliphatic rings. The number of amides is 1. The molecule has 0 atom stereocenters. The van der Waals surface area contributed by atoms with Crippen LogP contribution in [0.2, 0.25) is 0 Å². The molecule has 1 amide bonds. The molecule has 21 heavy (non-hydrogen) atoms. The Labute approximate surface area is 127 Å². The minimum absolute atomic E-state index is 0.0788. The Bertz CT molecular complexity index is 631. The molecule has 5 heteroatoms. The Kier molecular flexibility index (Phi) is 4.71. The molecule has 0 unspecified atom stereocenters. The van der Waals surface area contributed by atoms with Crippen LogP contribution in [-0.4, -0.2) is 38.6 Å². The zero-order valence-electron chi connectivity index (χ0n) is 12.9. The number of nitrogens with zero attached hydrogens (tertiary/aromatic N) is 1. The van der Waals surface area contributed by atoms with E-state index >= 15 is 0 Å². The Hall–Kier alpha value is -1.36. The van der Waals surface area contributed by atoms with Crippen molar-refractivity contribution in [1.82, 2.24) is 4.90 Å². The standard InChI is InChI=1S/C16H23NO3S/c1-12-9-10-14(21(3,19)20)11-15(12)16(18)17(2)13-7-5-4-6-8-13/h9-11,13H,4-8H2,1-3H3. The molecular weight excluding hydrogens is 286 g/mol. The predicted molar refractivity (Wildman–Crippen MR) is 83.3 cm³/mol. The SMILES string of the molecule is Cc1ccc(S(C)(=O)=O)cc1C(=O)N(C)C1CCCCC1. The van der Waals surface area contributed by atoms with Gasteiger partial charge in [0.05, 0.1) is 4.90 Å². The van der Waals surface area contributed by atoms with E-state index in [0.29, 0.717) is 5.56 Å². The molecule has 116 valence electrons. The van der Waals surface area contributed by atoms with Crippen molar-refractivity contribution in [1.29, 1.82) is 0 Å². The van der Waals surface area contributed by atoms with Crippen molar-refractivity contribution in [2.24, 2.45) is 0 Å². The van der Waals surface area contributed by atoms with Gasteiger partial charge in [-0.1, -0.05) is 25.3 Å². The molecule has 1 aliphatic carbocycles. The number of sulfone groups is 1. The minimum Gasteiger partial charge on any atom is -0.339 e. The van der Waals surface area contributed by atoms with Gasteiger partial charge in [-0.3, -0.25) is 4.79 Å². The number of hydrogen-bond donors (Lipinski definition) is 0. The number of carbonyl (C=O) groups excluding carboxylic acids is 1. The summed E-state index contributed by atoms with van der Waals surface area (Å²) in [5, 5.41) is 0. The summed E-state index contributed by atoms with van der Waals surface area (Å²) in [5.74, 6) is -0.0788. The summed E-state index contributed by atoms with van der Waals surface area (Å²) in [6, 6.07) is 5.04. The number of rotatable bonds is 3. The second-order valence-corrected chi connectivity index (χ2v) is 7.97. The van der Waals surface area contributed by atoms with Crippen LogP contribution in [0.4, 0.5) is 0 Å². The summed E-state index contributed by atoms with van der Waals surface area (Å²) in [7, 11) is -1.47. The first-order valence-electron chi connectivity index (χ1n) is 7.38. The summed E-state index contributed by atoms with van der Waals surface area (Å²) in [4.78, 5) is 14.7. The number of benzene rings is 1. The average Bonchev–Trinajstić information content (AvgIpc) is 2.46. The Morgan fingerprint density at radius 1 is 1.19 bits per heavy atom. The topological polar surface area (TPSA) is 54.5 Å². The fourth-order valence-corrected chi connectivity index (χ4v) is 3.53. The van der Waals surface area contributed by atoms with Gasteiger partial charge in [0.2, 0.25) is 0 Å². The van der Waals surface area contributed by atoms with Crippen LogP contribution >= 0.6 is 0 Å². The molecule has 0 N–H and O–H groups in total. The van der Waals surface area contributed by atoms with E-state index in [1.807, 2.05) is 14.0 Å². The second kappa shape index (κ2) is 6.18. The molecule has 1 saturated carbocycles. The largest absolute Gasteiger partial charge is 0.339 e. The van der Waals surface area contributed by atoms with Gasteiger partial charge in [-0.15, -0.1) is 0 Å². The quantitative estimate of drug-likeness (QED) is 0.862. The molecule has 0 aliphatic heterocycles. The maximum Gasteiger partial charge on any atom is 0.254 e. The molecule has 1 fully saturated rings. The van der Waals surface area contributed by atoms with Crippen LogP contribution in [0.25, 0.3) is 0 Å². The third-order valence-electron chi connectivity index (χ3n) is 4.31. The van der Waals surface area contributed by atoms with Crippen molar-refractivity contribution in [2.75, 3.05) is 13.3 Å². The van der Waals surface area contributed by atoms with E-state index in [4.69, 9.17) is 0 Å². The second-order valence-electron chi connectivity index (χ2n) is 5.96. The third-order valence-corrected chi connectivity index (χ3v) is 5.42. The fraction of sp³-hybridized carbons (Fsp3) is 0.562. The zero-order valence-corrected chi connectivity index (χ0v) is 13.7. The van der Waals surface area contributed by atoms with Crippen LogP contribution in [0, 0.1) is 6.92 Å². The molecule has 4 nitrogen and oxygen atoms in total. The molecule has 0 spiro atoms. The minimum atomic E-state index is -3.30. The maximum absolute atomic E-state index is 12.7. The molecular formula is C16H23NO3S. The summed E-state index contributed by atoms with van der Waals surface area (Å²) < 4.78 is 23.3. The van der Waals surface area contributed by atoms with E-state index in [-0.39, 0.29) is 16.8 Å². The first kappa shape index (κ1) is 16.0. The van der Waals surface area contributed by atoms with Gasteiger partial charge in [-0.25, -0.2) is 8.42 Å². The first-order valence-corrected chi connectivity index (χ1v) is 9.27. The Morgan fingerprint density at radius 2 is 1.81 bits per heavy atom. The van der Waals surface area contributed by atoms with E-state index in [2.05, 4.69) is 0 Å². The van der Waals surface area contributed by atoms with Crippen LogP contribution in [-0.2, 0) is 9.84 Å². The van der Waals surface area contributed by atoms with Gasteiger partial charge in [0, 0.05) is 24.9 Å². The lowest BCUT2D eigenvalue weighted by atomic mass is 9.94. The fourth-order valence-electron chi connectivity index (χ4n) is 2.89. The lowest BCUT2D eigenvalue weighted by Crippen LogP contribution is -2.38. The molecule has 2 rings (SSSR count). The van der Waals surface area contributed by atoms with E-state index in [1.54, 1.807) is 17.0 Å². The van der Waals surface area contributed by atoms with Crippen molar-refractivity contribution >= 4 is 15.7 Å². The smallest absolute Gasteiger partial charge is 0.254 e. The highest BCUT2D eigenvalue weighted by molar-refractivity contribution is 7.90. The number of hydrogen-bond acceptors (Lipinski definition) is 3. The number of aryl methyl sites for hydroxylation is 1. The average molecular weight is 309 g/mol. The van der Waals surface area contributed by atoms with Crippen molar-refractivity contribution in [2.45, 2.75) is 50.0 Å². The van der Waals surface area contributed by atoms with E-state index in [9.17, 15) is 13.2 Å². The summed E-state index contributed by atoms with van der Waals surface area (Å²) in [6.45, 7) is 1.84. The molecule has 1 aromatic rings. The highest BCUT2D eigenvalue weighted by atomic mass is 32.2. The third kappa shape index (κ3) is 3.64. The maximum atomic E-state index is 12.7. The van der Waals surface area contributed by atoms with Crippen molar-refractivity contribution in [3.8, 4) is 0 Å². The van der Waals surface area contributed by atoms with Crippen LogP contribution in [0.3, 0.4) is 0 Å². The van der Waals surface area contributed by atoms with E-state index < -0.39 is 9.84 Å². The summed E-state index contributed by atoms with van der Waals surface area (Å²) in [5.41, 5.74) is 1.31. The highest BCUT2D eigenvalue weighted by Crippen LogP contribution is 2.24. The van der Waals surface area contributed by atoms with Crippen LogP contribution in [0.15, 0.2) is 23.1 Å². The molecule has 0 bridgehead atoms. The van der Waals surface area contributed by atoms with Gasteiger partial charge >= 0.3 is 0 Å². The molecule has 0 saturated heterocycles. The summed E-state index contributed by atoms with van der Waals surface area (Å²) >= 11 is 0. The molecule has 1 aromatic carbocycles. The predicted octanol–water partition coefficient (Wildman–Crippen LogP) is 2.80. The van der Waals surface area contributed by atoms with Gasteiger partial charge in [0.25, 0.3) is 5.91 Å². The lowest BCUT2D eigenvalue weighted by molar-refractivity contribution is 0.0695. The zero-order chi connectivity index (χ0) is 15.6. The van der Waals surface area contributed by atoms with Crippen LogP contribution < -0.4 is 0 Å². The first-order chi connectivity index (χ1) is 9.80. The van der Waals surface area contributed by atoms with Gasteiger partial charge in [-0.05, 0) is 37.5 Å². The van der Waals surface area contributed by atoms with E-state index in [1.165, 1.54) is 12.5 Å².